The number of carbonyl (C=O) groups is 1. The molecule has 1 heterocycles. The van der Waals surface area contributed by atoms with Crippen LogP contribution < -0.4 is 4.90 Å². The van der Waals surface area contributed by atoms with E-state index in [4.69, 9.17) is 0 Å². The molecule has 0 saturated carbocycles. The van der Waals surface area contributed by atoms with E-state index >= 15 is 0 Å². The maximum atomic E-state index is 11.9. The maximum Gasteiger partial charge on any atom is 0.236 e. The van der Waals surface area contributed by atoms with Crippen LogP contribution in [-0.4, -0.2) is 13.0 Å². The second kappa shape index (κ2) is 2.59. The fourth-order valence-electron chi connectivity index (χ4n) is 2.09. The van der Waals surface area contributed by atoms with Crippen molar-refractivity contribution in [1.29, 1.82) is 0 Å². The number of anilines is 1. The Balaban J connectivity index is 2.68. The second-order valence-corrected chi connectivity index (χ2v) is 4.51. The van der Waals surface area contributed by atoms with Gasteiger partial charge in [0.2, 0.25) is 5.91 Å². The molecule has 0 atom stereocenters. The first-order chi connectivity index (χ1) is 6.44. The highest BCUT2D eigenvalue weighted by Crippen LogP contribution is 2.40. The largest absolute Gasteiger partial charge is 0.314 e. The van der Waals surface area contributed by atoms with Crippen LogP contribution in [0.25, 0.3) is 0 Å². The number of aryl methyl sites for hydroxylation is 1. The molecule has 0 aromatic heterocycles. The van der Waals surface area contributed by atoms with Crippen LogP contribution in [0.1, 0.15) is 25.0 Å². The van der Waals surface area contributed by atoms with Gasteiger partial charge in [-0.2, -0.15) is 0 Å². The van der Waals surface area contributed by atoms with E-state index in [9.17, 15) is 4.79 Å². The first-order valence-electron chi connectivity index (χ1n) is 4.84. The lowest BCUT2D eigenvalue weighted by Gasteiger charge is -2.16. The minimum absolute atomic E-state index is 0.179. The van der Waals surface area contributed by atoms with E-state index < -0.39 is 0 Å². The first kappa shape index (κ1) is 9.25. The lowest BCUT2D eigenvalue weighted by atomic mass is 9.86. The van der Waals surface area contributed by atoms with E-state index in [1.54, 1.807) is 4.90 Å². The van der Waals surface area contributed by atoms with Crippen molar-refractivity contribution in [3.63, 3.8) is 0 Å². The summed E-state index contributed by atoms with van der Waals surface area (Å²) >= 11 is 0. The van der Waals surface area contributed by atoms with Crippen molar-refractivity contribution in [3.05, 3.63) is 29.3 Å². The molecule has 0 fully saturated rings. The standard InChI is InChI=1S/C12H15NO/c1-8-5-6-9-10(7-8)13(4)11(14)12(9,2)3/h5-7H,1-4H3. The molecule has 0 unspecified atom stereocenters. The number of amides is 1. The van der Waals surface area contributed by atoms with Crippen LogP contribution in [0.4, 0.5) is 5.69 Å². The molecule has 1 aromatic carbocycles. The van der Waals surface area contributed by atoms with Crippen molar-refractivity contribution in [2.45, 2.75) is 26.2 Å². The molecular formula is C12H15NO. The summed E-state index contributed by atoms with van der Waals surface area (Å²) < 4.78 is 0. The molecule has 0 N–H and O–H groups in total. The predicted octanol–water partition coefficient (Wildman–Crippen LogP) is 2.25. The smallest absolute Gasteiger partial charge is 0.236 e. The van der Waals surface area contributed by atoms with Crippen molar-refractivity contribution in [2.24, 2.45) is 0 Å². The SMILES string of the molecule is Cc1ccc2c(c1)N(C)C(=O)C2(C)C. The maximum absolute atomic E-state index is 11.9. The van der Waals surface area contributed by atoms with Crippen molar-refractivity contribution < 1.29 is 4.79 Å². The van der Waals surface area contributed by atoms with E-state index in [1.807, 2.05) is 27.8 Å². The number of rotatable bonds is 0. The van der Waals surface area contributed by atoms with Gasteiger partial charge in [-0.3, -0.25) is 4.79 Å². The minimum atomic E-state index is -0.363. The van der Waals surface area contributed by atoms with E-state index in [1.165, 1.54) is 5.56 Å². The van der Waals surface area contributed by atoms with Gasteiger partial charge < -0.3 is 4.90 Å². The number of hydrogen-bond donors (Lipinski definition) is 0. The van der Waals surface area contributed by atoms with Gasteiger partial charge in [-0.05, 0) is 38.0 Å². The molecule has 0 aliphatic carbocycles. The third kappa shape index (κ3) is 0.999. The molecular weight excluding hydrogens is 174 g/mol. The molecule has 14 heavy (non-hydrogen) atoms. The quantitative estimate of drug-likeness (QED) is 0.613. The fraction of sp³-hybridized carbons (Fsp3) is 0.417. The highest BCUT2D eigenvalue weighted by atomic mass is 16.2. The molecule has 74 valence electrons. The number of likely N-dealkylation sites (N-methyl/N-ethyl adjacent to an activating group) is 1. The Morgan fingerprint density at radius 3 is 2.57 bits per heavy atom. The number of benzene rings is 1. The third-order valence-corrected chi connectivity index (χ3v) is 3.03. The summed E-state index contributed by atoms with van der Waals surface area (Å²) in [6.07, 6.45) is 0. The zero-order chi connectivity index (χ0) is 10.5. The van der Waals surface area contributed by atoms with Crippen LogP contribution >= 0.6 is 0 Å². The van der Waals surface area contributed by atoms with Crippen LogP contribution in [-0.2, 0) is 10.2 Å². The Labute approximate surface area is 84.5 Å². The normalized spacial score (nSPS) is 18.6. The molecule has 0 radical (unpaired) electrons. The van der Waals surface area contributed by atoms with Gasteiger partial charge in [0.1, 0.15) is 0 Å². The lowest BCUT2D eigenvalue weighted by molar-refractivity contribution is -0.121. The number of hydrogen-bond acceptors (Lipinski definition) is 1. The number of carbonyl (C=O) groups excluding carboxylic acids is 1. The van der Waals surface area contributed by atoms with Crippen molar-refractivity contribution in [3.8, 4) is 0 Å². The van der Waals surface area contributed by atoms with E-state index in [2.05, 4.69) is 18.2 Å². The van der Waals surface area contributed by atoms with Gasteiger partial charge in [0.25, 0.3) is 0 Å². The summed E-state index contributed by atoms with van der Waals surface area (Å²) in [6, 6.07) is 6.20. The highest BCUT2D eigenvalue weighted by molar-refractivity contribution is 6.07. The molecule has 1 aliphatic rings. The summed E-state index contributed by atoms with van der Waals surface area (Å²) in [5.74, 6) is 0.179. The van der Waals surface area contributed by atoms with Crippen LogP contribution in [0.2, 0.25) is 0 Å². The van der Waals surface area contributed by atoms with Crippen molar-refractivity contribution in [1.82, 2.24) is 0 Å². The van der Waals surface area contributed by atoms with Gasteiger partial charge >= 0.3 is 0 Å². The van der Waals surface area contributed by atoms with E-state index in [0.29, 0.717) is 0 Å². The number of nitrogens with zero attached hydrogens (tertiary/aromatic N) is 1. The molecule has 1 aromatic rings. The molecule has 2 rings (SSSR count). The van der Waals surface area contributed by atoms with Gasteiger partial charge in [0.05, 0.1) is 5.41 Å². The topological polar surface area (TPSA) is 20.3 Å². The minimum Gasteiger partial charge on any atom is -0.314 e. The average molecular weight is 189 g/mol. The van der Waals surface area contributed by atoms with Crippen molar-refractivity contribution >= 4 is 11.6 Å². The third-order valence-electron chi connectivity index (χ3n) is 3.03. The summed E-state index contributed by atoms with van der Waals surface area (Å²) in [5, 5.41) is 0. The first-order valence-corrected chi connectivity index (χ1v) is 4.84. The van der Waals surface area contributed by atoms with Gasteiger partial charge in [-0.15, -0.1) is 0 Å². The summed E-state index contributed by atoms with van der Waals surface area (Å²) in [5.41, 5.74) is 3.02. The van der Waals surface area contributed by atoms with Gasteiger partial charge in [0, 0.05) is 12.7 Å². The number of fused-ring (bicyclic) bond motifs is 1. The molecule has 2 heteroatoms. The van der Waals surface area contributed by atoms with Crippen molar-refractivity contribution in [2.75, 3.05) is 11.9 Å². The van der Waals surface area contributed by atoms with Crippen LogP contribution in [0.15, 0.2) is 18.2 Å². The lowest BCUT2D eigenvalue weighted by Crippen LogP contribution is -2.33. The molecule has 0 spiro atoms. The predicted molar refractivity (Wildman–Crippen MR) is 57.6 cm³/mol. The monoisotopic (exact) mass is 189 g/mol. The zero-order valence-corrected chi connectivity index (χ0v) is 9.09. The summed E-state index contributed by atoms with van der Waals surface area (Å²) in [6.45, 7) is 6.00. The Morgan fingerprint density at radius 2 is 1.93 bits per heavy atom. The summed E-state index contributed by atoms with van der Waals surface area (Å²) in [7, 11) is 1.84. The average Bonchev–Trinajstić information content (AvgIpc) is 2.28. The molecule has 2 nitrogen and oxygen atoms in total. The van der Waals surface area contributed by atoms with Gasteiger partial charge in [0.15, 0.2) is 0 Å². The Morgan fingerprint density at radius 1 is 1.29 bits per heavy atom. The molecule has 1 aliphatic heterocycles. The van der Waals surface area contributed by atoms with Crippen LogP contribution in [0.5, 0.6) is 0 Å². The van der Waals surface area contributed by atoms with Crippen LogP contribution in [0, 0.1) is 6.92 Å². The molecule has 0 saturated heterocycles. The van der Waals surface area contributed by atoms with Gasteiger partial charge in [-0.25, -0.2) is 0 Å². The molecule has 1 amide bonds. The van der Waals surface area contributed by atoms with E-state index in [-0.39, 0.29) is 11.3 Å². The molecule has 0 bridgehead atoms. The second-order valence-electron chi connectivity index (χ2n) is 4.51. The Bertz CT molecular complexity index is 407. The highest BCUT2D eigenvalue weighted by Gasteiger charge is 2.41. The van der Waals surface area contributed by atoms with Crippen LogP contribution in [0.3, 0.4) is 0 Å². The summed E-state index contributed by atoms with van der Waals surface area (Å²) in [4.78, 5) is 13.7. The Kier molecular flexibility index (Phi) is 1.71. The van der Waals surface area contributed by atoms with E-state index in [0.717, 1.165) is 11.3 Å². The Hall–Kier alpha value is -1.31. The zero-order valence-electron chi connectivity index (χ0n) is 9.09. The fourth-order valence-corrected chi connectivity index (χ4v) is 2.09. The van der Waals surface area contributed by atoms with Gasteiger partial charge in [-0.1, -0.05) is 12.1 Å².